The number of benzene rings is 1. The lowest BCUT2D eigenvalue weighted by atomic mass is 10.1. The van der Waals surface area contributed by atoms with Gasteiger partial charge in [-0.2, -0.15) is 0 Å². The minimum absolute atomic E-state index is 0.0592. The summed E-state index contributed by atoms with van der Waals surface area (Å²) in [6.07, 6.45) is 0.698. The quantitative estimate of drug-likeness (QED) is 0.221. The molecule has 0 radical (unpaired) electrons. The Bertz CT molecular complexity index is 678. The summed E-state index contributed by atoms with van der Waals surface area (Å²) in [7, 11) is 0. The van der Waals surface area contributed by atoms with Gasteiger partial charge in [0.15, 0.2) is 0 Å². The monoisotopic (exact) mass is 373 g/mol. The molecule has 130 valence electrons. The van der Waals surface area contributed by atoms with E-state index in [1.807, 2.05) is 20.8 Å². The van der Waals surface area contributed by atoms with Crippen molar-refractivity contribution in [3.8, 4) is 0 Å². The van der Waals surface area contributed by atoms with Crippen molar-refractivity contribution in [1.82, 2.24) is 0 Å². The van der Waals surface area contributed by atoms with Gasteiger partial charge in [-0.05, 0) is 35.1 Å². The van der Waals surface area contributed by atoms with E-state index in [4.69, 9.17) is 21.9 Å². The van der Waals surface area contributed by atoms with Crippen molar-refractivity contribution in [2.75, 3.05) is 6.61 Å². The molecule has 0 N–H and O–H groups in total. The molecular formula is C15H17ClFN3O3S. The van der Waals surface area contributed by atoms with Crippen molar-refractivity contribution in [3.63, 3.8) is 0 Å². The van der Waals surface area contributed by atoms with Crippen LogP contribution in [-0.4, -0.2) is 23.7 Å². The molecule has 1 amide bonds. The second-order valence-electron chi connectivity index (χ2n) is 5.21. The summed E-state index contributed by atoms with van der Waals surface area (Å²) in [5.74, 6) is -2.42. The third kappa shape index (κ3) is 5.40. The average Bonchev–Trinajstić information content (AvgIpc) is 2.51. The predicted molar refractivity (Wildman–Crippen MR) is 90.6 cm³/mol. The Morgan fingerprint density at radius 1 is 1.46 bits per heavy atom. The molecule has 1 unspecified atom stereocenters. The van der Waals surface area contributed by atoms with Crippen LogP contribution in [-0.2, 0) is 9.53 Å². The number of carbonyl (C=O) groups excluding carboxylic acids is 2. The number of carbonyl (C=O) groups is 2. The first-order valence-corrected chi connectivity index (χ1v) is 8.49. The van der Waals surface area contributed by atoms with Crippen molar-refractivity contribution in [2.45, 2.75) is 37.3 Å². The summed E-state index contributed by atoms with van der Waals surface area (Å²) in [6, 6.07) is 2.14. The van der Waals surface area contributed by atoms with E-state index in [1.165, 1.54) is 6.07 Å². The first kappa shape index (κ1) is 20.3. The molecule has 0 fully saturated rings. The number of thioether (sulfide) groups is 1. The van der Waals surface area contributed by atoms with Crippen molar-refractivity contribution in [1.29, 1.82) is 0 Å². The fraction of sp³-hybridized carbons (Fsp3) is 0.467. The maximum atomic E-state index is 13.8. The highest BCUT2D eigenvalue weighted by molar-refractivity contribution is 8.00. The predicted octanol–water partition coefficient (Wildman–Crippen LogP) is 5.00. The molecule has 0 spiro atoms. The number of halogens is 2. The van der Waals surface area contributed by atoms with Gasteiger partial charge in [-0.1, -0.05) is 32.4 Å². The topological polar surface area (TPSA) is 92.1 Å². The molecule has 0 heterocycles. The number of esters is 1. The van der Waals surface area contributed by atoms with Gasteiger partial charge in [0.05, 0.1) is 17.2 Å². The van der Waals surface area contributed by atoms with E-state index >= 15 is 0 Å². The zero-order valence-corrected chi connectivity index (χ0v) is 15.0. The highest BCUT2D eigenvalue weighted by Gasteiger charge is 2.27. The van der Waals surface area contributed by atoms with Crippen LogP contribution < -0.4 is 0 Å². The molecule has 0 saturated heterocycles. The molecule has 1 atom stereocenters. The van der Waals surface area contributed by atoms with Crippen LogP contribution in [0.25, 0.3) is 10.4 Å². The molecule has 0 aliphatic heterocycles. The SMILES string of the molecule is CCCOC(=O)C(Sc1cc(C(=O)N=[N+]=[N-])c(F)cc1Cl)C(C)C. The van der Waals surface area contributed by atoms with Crippen molar-refractivity contribution in [2.24, 2.45) is 11.0 Å². The van der Waals surface area contributed by atoms with E-state index in [9.17, 15) is 14.0 Å². The van der Waals surface area contributed by atoms with Gasteiger partial charge in [0.2, 0.25) is 0 Å². The van der Waals surface area contributed by atoms with Gasteiger partial charge < -0.3 is 4.74 Å². The number of ether oxygens (including phenoxy) is 1. The van der Waals surface area contributed by atoms with Crippen LogP contribution in [0.5, 0.6) is 0 Å². The van der Waals surface area contributed by atoms with Gasteiger partial charge in [-0.15, -0.1) is 11.8 Å². The van der Waals surface area contributed by atoms with Crippen LogP contribution in [0, 0.1) is 11.7 Å². The Labute approximate surface area is 148 Å². The molecule has 0 aliphatic rings. The van der Waals surface area contributed by atoms with Gasteiger partial charge in [0, 0.05) is 9.81 Å². The fourth-order valence-electron chi connectivity index (χ4n) is 1.76. The lowest BCUT2D eigenvalue weighted by Gasteiger charge is -2.19. The highest BCUT2D eigenvalue weighted by Crippen LogP contribution is 2.36. The number of rotatable bonds is 7. The van der Waals surface area contributed by atoms with E-state index in [-0.39, 0.29) is 10.9 Å². The van der Waals surface area contributed by atoms with Crippen molar-refractivity contribution < 1.29 is 18.7 Å². The fourth-order valence-corrected chi connectivity index (χ4v) is 3.11. The molecule has 0 saturated carbocycles. The van der Waals surface area contributed by atoms with Crippen LogP contribution in [0.1, 0.15) is 37.6 Å². The van der Waals surface area contributed by atoms with E-state index in [1.54, 1.807) is 0 Å². The summed E-state index contributed by atoms with van der Waals surface area (Å²) in [6.45, 7) is 5.87. The summed E-state index contributed by atoms with van der Waals surface area (Å²) in [5.41, 5.74) is 7.91. The Balaban J connectivity index is 3.15. The van der Waals surface area contributed by atoms with Crippen molar-refractivity contribution >= 4 is 35.2 Å². The second kappa shape index (κ2) is 9.52. The summed E-state index contributed by atoms with van der Waals surface area (Å²) < 4.78 is 19.0. The van der Waals surface area contributed by atoms with E-state index in [2.05, 4.69) is 10.0 Å². The molecule has 9 heteroatoms. The van der Waals surface area contributed by atoms with Crippen LogP contribution in [0.4, 0.5) is 4.39 Å². The molecule has 6 nitrogen and oxygen atoms in total. The van der Waals surface area contributed by atoms with Crippen LogP contribution in [0.15, 0.2) is 22.1 Å². The minimum Gasteiger partial charge on any atom is -0.465 e. The van der Waals surface area contributed by atoms with Gasteiger partial charge in [0.1, 0.15) is 11.1 Å². The molecular weight excluding hydrogens is 357 g/mol. The largest absolute Gasteiger partial charge is 0.465 e. The Hall–Kier alpha value is -1.76. The van der Waals surface area contributed by atoms with Gasteiger partial charge in [-0.25, -0.2) is 4.39 Å². The third-order valence-corrected chi connectivity index (χ3v) is 4.93. The first-order valence-electron chi connectivity index (χ1n) is 7.23. The molecule has 0 bridgehead atoms. The second-order valence-corrected chi connectivity index (χ2v) is 6.80. The zero-order chi connectivity index (χ0) is 18.3. The van der Waals surface area contributed by atoms with Crippen LogP contribution in [0.2, 0.25) is 5.02 Å². The number of hydrogen-bond donors (Lipinski definition) is 0. The number of hydrogen-bond acceptors (Lipinski definition) is 4. The average molecular weight is 374 g/mol. The number of azide groups is 1. The maximum absolute atomic E-state index is 13.8. The van der Waals surface area contributed by atoms with E-state index in [0.29, 0.717) is 17.9 Å². The number of nitrogens with zero attached hydrogens (tertiary/aromatic N) is 3. The Kier molecular flexibility index (Phi) is 8.04. The summed E-state index contributed by atoms with van der Waals surface area (Å²) >= 11 is 7.09. The van der Waals surface area contributed by atoms with Gasteiger partial charge in [-0.3, -0.25) is 9.59 Å². The van der Waals surface area contributed by atoms with Crippen LogP contribution >= 0.6 is 23.4 Å². The smallest absolute Gasteiger partial charge is 0.319 e. The Morgan fingerprint density at radius 3 is 2.67 bits per heavy atom. The van der Waals surface area contributed by atoms with Gasteiger partial charge >= 0.3 is 5.97 Å². The zero-order valence-electron chi connectivity index (χ0n) is 13.5. The molecule has 0 aliphatic carbocycles. The minimum atomic E-state index is -1.05. The summed E-state index contributed by atoms with van der Waals surface area (Å²) in [5, 5.41) is 2.37. The van der Waals surface area contributed by atoms with E-state index < -0.39 is 28.5 Å². The molecule has 24 heavy (non-hydrogen) atoms. The summed E-state index contributed by atoms with van der Waals surface area (Å²) in [4.78, 5) is 26.5. The molecule has 1 rings (SSSR count). The first-order chi connectivity index (χ1) is 11.3. The highest BCUT2D eigenvalue weighted by atomic mass is 35.5. The molecule has 1 aromatic carbocycles. The molecule has 1 aromatic rings. The molecule has 0 aromatic heterocycles. The standard InChI is InChI=1S/C15H17ClFN3O3S/c1-4-5-23-15(22)13(8(2)3)24-12-6-9(14(21)19-20-18)11(17)7-10(12)16/h6-8,13H,4-5H2,1-3H3. The number of amides is 1. The van der Waals surface area contributed by atoms with Gasteiger partial charge in [0.25, 0.3) is 5.91 Å². The normalized spacial score (nSPS) is 11.8. The van der Waals surface area contributed by atoms with Crippen LogP contribution in [0.3, 0.4) is 0 Å². The lowest BCUT2D eigenvalue weighted by Crippen LogP contribution is -2.26. The van der Waals surface area contributed by atoms with E-state index in [0.717, 1.165) is 17.8 Å². The van der Waals surface area contributed by atoms with Crippen molar-refractivity contribution in [3.05, 3.63) is 39.0 Å². The maximum Gasteiger partial charge on any atom is 0.319 e. The third-order valence-electron chi connectivity index (χ3n) is 2.93. The lowest BCUT2D eigenvalue weighted by molar-refractivity contribution is -0.143. The Morgan fingerprint density at radius 2 is 2.12 bits per heavy atom.